The van der Waals surface area contributed by atoms with Gasteiger partial charge in [-0.05, 0) is 12.1 Å². The lowest BCUT2D eigenvalue weighted by molar-refractivity contribution is 0.561. The maximum Gasteiger partial charge on any atom is 0.192 e. The van der Waals surface area contributed by atoms with E-state index in [-0.39, 0.29) is 0 Å². The molecule has 0 spiro atoms. The van der Waals surface area contributed by atoms with Crippen LogP contribution in [0.1, 0.15) is 5.89 Å². The molecule has 0 amide bonds. The van der Waals surface area contributed by atoms with Gasteiger partial charge in [0.15, 0.2) is 11.5 Å². The molecule has 0 aliphatic carbocycles. The number of halogens is 1. The summed E-state index contributed by atoms with van der Waals surface area (Å²) in [6.45, 7) is 1.80. The van der Waals surface area contributed by atoms with Crippen molar-refractivity contribution in [3.05, 3.63) is 29.1 Å². The van der Waals surface area contributed by atoms with Crippen LogP contribution in [0.25, 0.3) is 11.1 Å². The summed E-state index contributed by atoms with van der Waals surface area (Å²) in [4.78, 5) is 4.11. The van der Waals surface area contributed by atoms with Gasteiger partial charge < -0.3 is 4.42 Å². The Bertz CT molecular complexity index is 394. The molecule has 3 heteroatoms. The molecule has 0 aliphatic rings. The van der Waals surface area contributed by atoms with Crippen LogP contribution < -0.4 is 0 Å². The number of rotatable bonds is 0. The van der Waals surface area contributed by atoms with Gasteiger partial charge in [0.1, 0.15) is 5.52 Å². The Balaban J connectivity index is 2.90. The van der Waals surface area contributed by atoms with Gasteiger partial charge in [0.2, 0.25) is 0 Å². The van der Waals surface area contributed by atoms with Crippen LogP contribution in [0, 0.1) is 6.92 Å². The molecule has 11 heavy (non-hydrogen) atoms. The van der Waals surface area contributed by atoms with Gasteiger partial charge in [-0.15, -0.1) is 0 Å². The van der Waals surface area contributed by atoms with Gasteiger partial charge in [0.25, 0.3) is 0 Å². The van der Waals surface area contributed by atoms with Gasteiger partial charge in [0.05, 0.1) is 5.02 Å². The summed E-state index contributed by atoms with van der Waals surface area (Å²) < 4.78 is 5.25. The molecule has 0 saturated heterocycles. The van der Waals surface area contributed by atoms with E-state index < -0.39 is 0 Å². The number of aromatic nitrogens is 1. The lowest BCUT2D eigenvalue weighted by atomic mass is 10.3. The minimum Gasteiger partial charge on any atom is -0.441 e. The van der Waals surface area contributed by atoms with Crippen molar-refractivity contribution in [3.63, 3.8) is 0 Å². The Morgan fingerprint density at radius 3 is 3.00 bits per heavy atom. The van der Waals surface area contributed by atoms with Crippen molar-refractivity contribution >= 4 is 22.7 Å². The summed E-state index contributed by atoms with van der Waals surface area (Å²) in [7, 11) is 0. The number of para-hydroxylation sites is 1. The smallest absolute Gasteiger partial charge is 0.192 e. The monoisotopic (exact) mass is 167 g/mol. The van der Waals surface area contributed by atoms with Gasteiger partial charge in [-0.2, -0.15) is 0 Å². The van der Waals surface area contributed by atoms with E-state index in [9.17, 15) is 0 Å². The highest BCUT2D eigenvalue weighted by molar-refractivity contribution is 6.34. The molecule has 0 N–H and O–H groups in total. The highest BCUT2D eigenvalue weighted by Gasteiger charge is 2.03. The minimum absolute atomic E-state index is 0.638. The largest absolute Gasteiger partial charge is 0.441 e. The number of fused-ring (bicyclic) bond motifs is 1. The summed E-state index contributed by atoms with van der Waals surface area (Å²) >= 11 is 5.85. The average molecular weight is 168 g/mol. The number of aryl methyl sites for hydroxylation is 1. The van der Waals surface area contributed by atoms with Crippen molar-refractivity contribution in [3.8, 4) is 0 Å². The summed E-state index contributed by atoms with van der Waals surface area (Å²) in [6, 6.07) is 5.49. The second kappa shape index (κ2) is 2.24. The summed E-state index contributed by atoms with van der Waals surface area (Å²) in [5.41, 5.74) is 1.49. The SMILES string of the molecule is Cc1nc2c(Cl)cccc2o1. The lowest BCUT2D eigenvalue weighted by Crippen LogP contribution is -1.69. The van der Waals surface area contributed by atoms with E-state index in [1.54, 1.807) is 13.0 Å². The maximum absolute atomic E-state index is 5.85. The zero-order valence-corrected chi connectivity index (χ0v) is 6.72. The number of hydrogen-bond donors (Lipinski definition) is 0. The molecular weight excluding hydrogens is 162 g/mol. The third-order valence-corrected chi connectivity index (χ3v) is 1.78. The zero-order chi connectivity index (χ0) is 7.84. The van der Waals surface area contributed by atoms with E-state index in [0.717, 1.165) is 11.1 Å². The van der Waals surface area contributed by atoms with Gasteiger partial charge >= 0.3 is 0 Å². The fourth-order valence-corrected chi connectivity index (χ4v) is 1.23. The molecule has 2 nitrogen and oxygen atoms in total. The van der Waals surface area contributed by atoms with Crippen molar-refractivity contribution in [1.82, 2.24) is 4.98 Å². The van der Waals surface area contributed by atoms with Crippen LogP contribution in [0.15, 0.2) is 22.6 Å². The first-order chi connectivity index (χ1) is 5.27. The normalized spacial score (nSPS) is 10.7. The maximum atomic E-state index is 5.85. The molecule has 0 atom stereocenters. The minimum atomic E-state index is 0.638. The molecule has 1 aromatic heterocycles. The van der Waals surface area contributed by atoms with Gasteiger partial charge in [-0.25, -0.2) is 4.98 Å². The second-order valence-corrected chi connectivity index (χ2v) is 2.73. The average Bonchev–Trinajstić information content (AvgIpc) is 2.31. The summed E-state index contributed by atoms with van der Waals surface area (Å²) in [5, 5.41) is 0.638. The fraction of sp³-hybridized carbons (Fsp3) is 0.125. The van der Waals surface area contributed by atoms with E-state index >= 15 is 0 Å². The number of nitrogens with zero attached hydrogens (tertiary/aromatic N) is 1. The third-order valence-electron chi connectivity index (χ3n) is 1.48. The predicted molar refractivity (Wildman–Crippen MR) is 43.8 cm³/mol. The van der Waals surface area contributed by atoms with Crippen molar-refractivity contribution < 1.29 is 4.42 Å². The van der Waals surface area contributed by atoms with Crippen molar-refractivity contribution in [2.24, 2.45) is 0 Å². The van der Waals surface area contributed by atoms with Crippen LogP contribution in [0.2, 0.25) is 5.02 Å². The first-order valence-corrected chi connectivity index (χ1v) is 3.67. The molecule has 0 aliphatic heterocycles. The second-order valence-electron chi connectivity index (χ2n) is 2.32. The van der Waals surface area contributed by atoms with Gasteiger partial charge in [-0.3, -0.25) is 0 Å². The number of benzene rings is 1. The van der Waals surface area contributed by atoms with Crippen LogP contribution in [0.5, 0.6) is 0 Å². The summed E-state index contributed by atoms with van der Waals surface area (Å²) in [6.07, 6.45) is 0. The van der Waals surface area contributed by atoms with Crippen LogP contribution in [0.3, 0.4) is 0 Å². The molecule has 2 aromatic rings. The first-order valence-electron chi connectivity index (χ1n) is 3.29. The predicted octanol–water partition coefficient (Wildman–Crippen LogP) is 2.79. The molecule has 1 aromatic carbocycles. The van der Waals surface area contributed by atoms with Gasteiger partial charge in [-0.1, -0.05) is 17.7 Å². The zero-order valence-electron chi connectivity index (χ0n) is 5.97. The van der Waals surface area contributed by atoms with Crippen molar-refractivity contribution in [1.29, 1.82) is 0 Å². The Morgan fingerprint density at radius 2 is 2.27 bits per heavy atom. The molecule has 2 rings (SSSR count). The van der Waals surface area contributed by atoms with E-state index in [4.69, 9.17) is 16.0 Å². The van der Waals surface area contributed by atoms with Gasteiger partial charge in [0, 0.05) is 6.92 Å². The van der Waals surface area contributed by atoms with E-state index in [1.807, 2.05) is 12.1 Å². The Kier molecular flexibility index (Phi) is 1.36. The molecule has 0 bridgehead atoms. The molecule has 0 saturated carbocycles. The molecular formula is C8H6ClNO. The molecule has 0 radical (unpaired) electrons. The number of oxazole rings is 1. The third kappa shape index (κ3) is 0.994. The quantitative estimate of drug-likeness (QED) is 0.603. The summed E-state index contributed by atoms with van der Waals surface area (Å²) in [5.74, 6) is 0.646. The highest BCUT2D eigenvalue weighted by Crippen LogP contribution is 2.22. The number of hydrogen-bond acceptors (Lipinski definition) is 2. The molecule has 1 heterocycles. The topological polar surface area (TPSA) is 26.0 Å². The molecule has 0 unspecified atom stereocenters. The van der Waals surface area contributed by atoms with Crippen molar-refractivity contribution in [2.45, 2.75) is 6.92 Å². The molecule has 0 fully saturated rings. The Labute approximate surface area is 68.8 Å². The van der Waals surface area contributed by atoms with Crippen LogP contribution in [-0.2, 0) is 0 Å². The fourth-order valence-electron chi connectivity index (χ4n) is 1.03. The van der Waals surface area contributed by atoms with Crippen molar-refractivity contribution in [2.75, 3.05) is 0 Å². The lowest BCUT2D eigenvalue weighted by Gasteiger charge is -1.86. The van der Waals surface area contributed by atoms with E-state index in [1.165, 1.54) is 0 Å². The highest BCUT2D eigenvalue weighted by atomic mass is 35.5. The Morgan fingerprint density at radius 1 is 1.45 bits per heavy atom. The first kappa shape index (κ1) is 6.68. The van der Waals surface area contributed by atoms with E-state index in [0.29, 0.717) is 10.9 Å². The van der Waals surface area contributed by atoms with Crippen LogP contribution >= 0.6 is 11.6 Å². The van der Waals surface area contributed by atoms with E-state index in [2.05, 4.69) is 4.98 Å². The molecule has 56 valence electrons. The van der Waals surface area contributed by atoms with Crippen LogP contribution in [-0.4, -0.2) is 4.98 Å². The Hall–Kier alpha value is -1.02. The standard InChI is InChI=1S/C8H6ClNO/c1-5-10-8-6(9)3-2-4-7(8)11-5/h2-4H,1H3. The van der Waals surface area contributed by atoms with Crippen LogP contribution in [0.4, 0.5) is 0 Å².